The van der Waals surface area contributed by atoms with Gasteiger partial charge in [-0.2, -0.15) is 0 Å². The van der Waals surface area contributed by atoms with E-state index in [9.17, 15) is 19.7 Å². The zero-order valence-electron chi connectivity index (χ0n) is 13.3. The van der Waals surface area contributed by atoms with Crippen LogP contribution in [0.3, 0.4) is 0 Å². The van der Waals surface area contributed by atoms with E-state index in [-0.39, 0.29) is 29.5 Å². The summed E-state index contributed by atoms with van der Waals surface area (Å²) in [5.74, 6) is -0.164. The van der Waals surface area contributed by atoms with E-state index in [0.29, 0.717) is 31.5 Å². The van der Waals surface area contributed by atoms with Gasteiger partial charge >= 0.3 is 0 Å². The normalized spacial score (nSPS) is 15.5. The first-order chi connectivity index (χ1) is 10.9. The molecule has 1 heterocycles. The van der Waals surface area contributed by atoms with Gasteiger partial charge in [-0.05, 0) is 38.8 Å². The van der Waals surface area contributed by atoms with Crippen LogP contribution in [0.15, 0.2) is 24.3 Å². The third-order valence-corrected chi connectivity index (χ3v) is 3.91. The number of carbonyl (C=O) groups excluding carboxylic acids is 2. The first kappa shape index (κ1) is 16.9. The van der Waals surface area contributed by atoms with Gasteiger partial charge in [0.05, 0.1) is 4.92 Å². The number of nitrogens with zero attached hydrogens (tertiary/aromatic N) is 2. The number of nitro groups is 1. The summed E-state index contributed by atoms with van der Waals surface area (Å²) in [4.78, 5) is 36.2. The third-order valence-electron chi connectivity index (χ3n) is 3.91. The number of likely N-dealkylation sites (tertiary alicyclic amines) is 1. The number of hydrogen-bond acceptors (Lipinski definition) is 4. The van der Waals surface area contributed by atoms with Crippen LogP contribution in [0.1, 0.15) is 37.0 Å². The van der Waals surface area contributed by atoms with E-state index in [1.165, 1.54) is 24.3 Å². The fourth-order valence-corrected chi connectivity index (χ4v) is 2.66. The average Bonchev–Trinajstić information content (AvgIpc) is 2.53. The highest BCUT2D eigenvalue weighted by Gasteiger charge is 2.28. The van der Waals surface area contributed by atoms with Crippen molar-refractivity contribution in [2.24, 2.45) is 5.92 Å². The topological polar surface area (TPSA) is 92.6 Å². The molecule has 0 aromatic heterocycles. The van der Waals surface area contributed by atoms with E-state index < -0.39 is 4.92 Å². The van der Waals surface area contributed by atoms with Crippen LogP contribution < -0.4 is 5.32 Å². The van der Waals surface area contributed by atoms with Crippen molar-refractivity contribution in [3.63, 3.8) is 0 Å². The molecular formula is C16H21N3O4. The van der Waals surface area contributed by atoms with Gasteiger partial charge in [0.15, 0.2) is 0 Å². The zero-order chi connectivity index (χ0) is 17.0. The fraction of sp³-hybridized carbons (Fsp3) is 0.500. The van der Waals surface area contributed by atoms with Crippen LogP contribution in [0.4, 0.5) is 5.69 Å². The van der Waals surface area contributed by atoms with E-state index in [2.05, 4.69) is 5.32 Å². The molecule has 1 aliphatic heterocycles. The number of non-ortho nitro benzene ring substituents is 1. The lowest BCUT2D eigenvalue weighted by Gasteiger charge is -2.31. The van der Waals surface area contributed by atoms with E-state index in [0.717, 1.165) is 0 Å². The number of piperidine rings is 1. The number of rotatable bonds is 4. The molecule has 7 nitrogen and oxygen atoms in total. The highest BCUT2D eigenvalue weighted by atomic mass is 16.6. The Morgan fingerprint density at radius 1 is 1.22 bits per heavy atom. The highest BCUT2D eigenvalue weighted by molar-refractivity contribution is 5.94. The van der Waals surface area contributed by atoms with Crippen molar-refractivity contribution in [1.82, 2.24) is 10.2 Å². The van der Waals surface area contributed by atoms with Crippen molar-refractivity contribution in [2.45, 2.75) is 32.7 Å². The molecule has 0 atom stereocenters. The molecular weight excluding hydrogens is 298 g/mol. The van der Waals surface area contributed by atoms with Crippen LogP contribution >= 0.6 is 0 Å². The molecule has 0 spiro atoms. The Hall–Kier alpha value is -2.44. The second kappa shape index (κ2) is 7.21. The van der Waals surface area contributed by atoms with Gasteiger partial charge in [0, 0.05) is 42.7 Å². The fourth-order valence-electron chi connectivity index (χ4n) is 2.66. The predicted octanol–water partition coefficient (Wildman–Crippen LogP) is 1.97. The molecule has 0 unspecified atom stereocenters. The van der Waals surface area contributed by atoms with Gasteiger partial charge in [0.1, 0.15) is 0 Å². The largest absolute Gasteiger partial charge is 0.354 e. The molecule has 7 heteroatoms. The summed E-state index contributed by atoms with van der Waals surface area (Å²) in [5.41, 5.74) is 0.395. The SMILES string of the molecule is CC(C)NC(=O)C1CCN(C(=O)c2ccc([N+](=O)[O-])cc2)CC1. The molecule has 1 aromatic carbocycles. The number of nitro benzene ring substituents is 1. The van der Waals surface area contributed by atoms with Crippen LogP contribution in [0.2, 0.25) is 0 Å². The maximum Gasteiger partial charge on any atom is 0.269 e. The molecule has 23 heavy (non-hydrogen) atoms. The molecule has 2 rings (SSSR count). The van der Waals surface area contributed by atoms with E-state index in [4.69, 9.17) is 0 Å². The summed E-state index contributed by atoms with van der Waals surface area (Å²) in [7, 11) is 0. The smallest absolute Gasteiger partial charge is 0.269 e. The molecule has 124 valence electrons. The predicted molar refractivity (Wildman–Crippen MR) is 85.0 cm³/mol. The number of benzene rings is 1. The summed E-state index contributed by atoms with van der Waals surface area (Å²) in [5, 5.41) is 13.5. The molecule has 0 radical (unpaired) electrons. The van der Waals surface area contributed by atoms with E-state index >= 15 is 0 Å². The molecule has 1 fully saturated rings. The summed E-state index contributed by atoms with van der Waals surface area (Å²) >= 11 is 0. The lowest BCUT2D eigenvalue weighted by atomic mass is 9.95. The van der Waals surface area contributed by atoms with Crippen LogP contribution in [-0.2, 0) is 4.79 Å². The Morgan fingerprint density at radius 2 is 1.78 bits per heavy atom. The van der Waals surface area contributed by atoms with Crippen LogP contribution in [-0.4, -0.2) is 40.8 Å². The molecule has 0 aliphatic carbocycles. The number of nitrogens with one attached hydrogen (secondary N) is 1. The molecule has 1 aromatic rings. The summed E-state index contributed by atoms with van der Waals surface area (Å²) in [6.07, 6.45) is 1.27. The minimum atomic E-state index is -0.493. The highest BCUT2D eigenvalue weighted by Crippen LogP contribution is 2.20. The second-order valence-corrected chi connectivity index (χ2v) is 6.03. The van der Waals surface area contributed by atoms with Crippen molar-refractivity contribution in [1.29, 1.82) is 0 Å². The minimum Gasteiger partial charge on any atom is -0.354 e. The lowest BCUT2D eigenvalue weighted by Crippen LogP contribution is -2.44. The van der Waals surface area contributed by atoms with E-state index in [1.807, 2.05) is 13.8 Å². The van der Waals surface area contributed by atoms with Gasteiger partial charge in [-0.1, -0.05) is 0 Å². The Balaban J connectivity index is 1.93. The summed E-state index contributed by atoms with van der Waals surface area (Å²) in [6.45, 7) is 4.88. The third kappa shape index (κ3) is 4.28. The molecule has 1 aliphatic rings. The molecule has 0 saturated carbocycles. The van der Waals surface area contributed by atoms with Crippen molar-refractivity contribution < 1.29 is 14.5 Å². The number of amides is 2. The van der Waals surface area contributed by atoms with Crippen LogP contribution in [0.5, 0.6) is 0 Å². The van der Waals surface area contributed by atoms with Crippen LogP contribution in [0.25, 0.3) is 0 Å². The molecule has 1 saturated heterocycles. The van der Waals surface area contributed by atoms with Gasteiger partial charge in [-0.25, -0.2) is 0 Å². The molecule has 1 N–H and O–H groups in total. The second-order valence-electron chi connectivity index (χ2n) is 6.03. The Labute approximate surface area is 134 Å². The quantitative estimate of drug-likeness (QED) is 0.678. The standard InChI is InChI=1S/C16H21N3O4/c1-11(2)17-15(20)12-7-9-18(10-8-12)16(21)13-3-5-14(6-4-13)19(22)23/h3-6,11-12H,7-10H2,1-2H3,(H,17,20). The monoisotopic (exact) mass is 319 g/mol. The van der Waals surface area contributed by atoms with Crippen molar-refractivity contribution >= 4 is 17.5 Å². The average molecular weight is 319 g/mol. The zero-order valence-corrected chi connectivity index (χ0v) is 13.3. The van der Waals surface area contributed by atoms with Gasteiger partial charge in [0.2, 0.25) is 5.91 Å². The summed E-state index contributed by atoms with van der Waals surface area (Å²) in [6, 6.07) is 5.71. The molecule has 2 amide bonds. The van der Waals surface area contributed by atoms with Gasteiger partial charge in [-0.15, -0.1) is 0 Å². The Morgan fingerprint density at radius 3 is 2.26 bits per heavy atom. The minimum absolute atomic E-state index is 0.0365. The first-order valence-electron chi connectivity index (χ1n) is 7.72. The summed E-state index contributed by atoms with van der Waals surface area (Å²) < 4.78 is 0. The number of carbonyl (C=O) groups is 2. The maximum atomic E-state index is 12.4. The molecule has 0 bridgehead atoms. The van der Waals surface area contributed by atoms with Gasteiger partial charge in [-0.3, -0.25) is 19.7 Å². The maximum absolute atomic E-state index is 12.4. The van der Waals surface area contributed by atoms with E-state index in [1.54, 1.807) is 4.90 Å². The van der Waals surface area contributed by atoms with Crippen molar-refractivity contribution in [2.75, 3.05) is 13.1 Å². The lowest BCUT2D eigenvalue weighted by molar-refractivity contribution is -0.384. The van der Waals surface area contributed by atoms with Crippen LogP contribution in [0, 0.1) is 16.0 Å². The van der Waals surface area contributed by atoms with Crippen molar-refractivity contribution in [3.8, 4) is 0 Å². The van der Waals surface area contributed by atoms with Crippen molar-refractivity contribution in [3.05, 3.63) is 39.9 Å². The van der Waals surface area contributed by atoms with Gasteiger partial charge in [0.25, 0.3) is 11.6 Å². The number of hydrogen-bond donors (Lipinski definition) is 1. The Bertz CT molecular complexity index is 590. The first-order valence-corrected chi connectivity index (χ1v) is 7.72. The Kier molecular flexibility index (Phi) is 5.31. The van der Waals surface area contributed by atoms with Gasteiger partial charge < -0.3 is 10.2 Å².